The van der Waals surface area contributed by atoms with Crippen LogP contribution in [0.25, 0.3) is 10.8 Å². The van der Waals surface area contributed by atoms with Crippen LogP contribution >= 0.6 is 11.8 Å². The molecule has 6 heteroatoms. The van der Waals surface area contributed by atoms with Crippen LogP contribution in [0.2, 0.25) is 0 Å². The van der Waals surface area contributed by atoms with E-state index in [1.165, 1.54) is 0 Å². The first kappa shape index (κ1) is 18.7. The van der Waals surface area contributed by atoms with Gasteiger partial charge in [-0.25, -0.2) is 4.98 Å². The molecule has 1 aliphatic rings. The number of benzene rings is 2. The number of hydrogen-bond donors (Lipinski definition) is 1. The Hall–Kier alpha value is -2.60. The molecule has 0 bridgehead atoms. The first-order chi connectivity index (χ1) is 13.3. The number of thioether (sulfide) groups is 1. The van der Waals surface area contributed by atoms with E-state index in [0.717, 1.165) is 22.2 Å². The van der Waals surface area contributed by atoms with Gasteiger partial charge in [0.25, 0.3) is 5.56 Å². The molecule has 4 rings (SSSR count). The molecule has 1 amide bonds. The average molecular weight is 394 g/mol. The van der Waals surface area contributed by atoms with Gasteiger partial charge in [0, 0.05) is 34.7 Å². The molecule has 0 radical (unpaired) electrons. The van der Waals surface area contributed by atoms with Crippen molar-refractivity contribution in [3.63, 3.8) is 0 Å². The minimum absolute atomic E-state index is 0.0807. The lowest BCUT2D eigenvalue weighted by Gasteiger charge is -2.19. The maximum absolute atomic E-state index is 12.7. The van der Waals surface area contributed by atoms with E-state index in [2.05, 4.69) is 10.3 Å². The van der Waals surface area contributed by atoms with Crippen molar-refractivity contribution in [1.29, 1.82) is 0 Å². The number of anilines is 1. The van der Waals surface area contributed by atoms with Crippen LogP contribution in [0.3, 0.4) is 0 Å². The second-order valence-electron chi connectivity index (χ2n) is 8.13. The summed E-state index contributed by atoms with van der Waals surface area (Å²) in [5.41, 5.74) is 1.32. The summed E-state index contributed by atoms with van der Waals surface area (Å²) in [5.74, 6) is 0.584. The summed E-state index contributed by atoms with van der Waals surface area (Å²) in [5, 5.41) is 5.81. The topological polar surface area (TPSA) is 64.0 Å². The zero-order valence-corrected chi connectivity index (χ0v) is 17.0. The van der Waals surface area contributed by atoms with Crippen LogP contribution in [0.15, 0.2) is 58.5 Å². The molecule has 0 aliphatic carbocycles. The largest absolute Gasteiger partial charge is 0.325 e. The molecule has 1 aromatic heterocycles. The maximum Gasteiger partial charge on any atom is 0.254 e. The van der Waals surface area contributed by atoms with Crippen molar-refractivity contribution in [2.45, 2.75) is 43.8 Å². The molecular formula is C22H23N3O2S. The van der Waals surface area contributed by atoms with Gasteiger partial charge in [-0.15, -0.1) is 0 Å². The Morgan fingerprint density at radius 2 is 1.96 bits per heavy atom. The van der Waals surface area contributed by atoms with E-state index in [-0.39, 0.29) is 29.3 Å². The quantitative estimate of drug-likeness (QED) is 0.671. The molecule has 0 fully saturated rings. The molecule has 3 aromatic rings. The van der Waals surface area contributed by atoms with Crippen molar-refractivity contribution in [2.24, 2.45) is 0 Å². The number of fused-ring (bicyclic) bond motifs is 2. The highest BCUT2D eigenvalue weighted by molar-refractivity contribution is 7.99. The van der Waals surface area contributed by atoms with Gasteiger partial charge >= 0.3 is 0 Å². The van der Waals surface area contributed by atoms with Gasteiger partial charge in [-0.1, -0.05) is 68.9 Å². The van der Waals surface area contributed by atoms with Crippen LogP contribution < -0.4 is 10.9 Å². The summed E-state index contributed by atoms with van der Waals surface area (Å²) in [6.45, 7) is 6.13. The van der Waals surface area contributed by atoms with Gasteiger partial charge in [0.2, 0.25) is 5.91 Å². The van der Waals surface area contributed by atoms with Gasteiger partial charge in [0.15, 0.2) is 5.16 Å². The van der Waals surface area contributed by atoms with Crippen molar-refractivity contribution in [1.82, 2.24) is 9.55 Å². The molecule has 1 unspecified atom stereocenters. The van der Waals surface area contributed by atoms with Crippen molar-refractivity contribution < 1.29 is 4.79 Å². The van der Waals surface area contributed by atoms with Crippen LogP contribution in [0, 0.1) is 0 Å². The van der Waals surface area contributed by atoms with Gasteiger partial charge in [-0.3, -0.25) is 14.2 Å². The first-order valence-corrected chi connectivity index (χ1v) is 10.4. The zero-order chi connectivity index (χ0) is 19.9. The molecule has 2 heterocycles. The summed E-state index contributed by atoms with van der Waals surface area (Å²) in [6, 6.07) is 15.2. The van der Waals surface area contributed by atoms with Gasteiger partial charge in [-0.05, 0) is 11.5 Å². The molecule has 2 aromatic carbocycles. The second kappa shape index (κ2) is 7.09. The number of aromatic nitrogens is 2. The van der Waals surface area contributed by atoms with Crippen LogP contribution in [-0.2, 0) is 10.2 Å². The second-order valence-corrected chi connectivity index (χ2v) is 9.11. The molecule has 1 aliphatic heterocycles. The van der Waals surface area contributed by atoms with Crippen molar-refractivity contribution in [3.05, 3.63) is 64.6 Å². The molecule has 0 spiro atoms. The summed E-state index contributed by atoms with van der Waals surface area (Å²) in [7, 11) is 0. The monoisotopic (exact) mass is 393 g/mol. The molecule has 0 saturated heterocycles. The lowest BCUT2D eigenvalue weighted by atomic mass is 9.92. The summed E-state index contributed by atoms with van der Waals surface area (Å²) in [4.78, 5) is 30.0. The Labute approximate surface area is 168 Å². The van der Waals surface area contributed by atoms with Crippen LogP contribution in [0.4, 0.5) is 5.69 Å². The Morgan fingerprint density at radius 3 is 2.75 bits per heavy atom. The number of carbonyl (C=O) groups is 1. The van der Waals surface area contributed by atoms with Crippen molar-refractivity contribution >= 4 is 34.1 Å². The smallest absolute Gasteiger partial charge is 0.254 e. The van der Waals surface area contributed by atoms with E-state index in [9.17, 15) is 9.59 Å². The fourth-order valence-electron chi connectivity index (χ4n) is 3.44. The number of amides is 1. The third-order valence-electron chi connectivity index (χ3n) is 4.94. The number of hydrogen-bond acceptors (Lipinski definition) is 4. The number of nitrogens with zero attached hydrogens (tertiary/aromatic N) is 2. The fourth-order valence-corrected chi connectivity index (χ4v) is 4.59. The molecular weight excluding hydrogens is 370 g/mol. The number of rotatable bonds is 3. The van der Waals surface area contributed by atoms with Crippen LogP contribution in [-0.4, -0.2) is 21.2 Å². The molecule has 1 N–H and O–H groups in total. The number of carbonyl (C=O) groups excluding carboxylic acids is 1. The van der Waals surface area contributed by atoms with Crippen LogP contribution in [0.5, 0.6) is 0 Å². The lowest BCUT2D eigenvalue weighted by molar-refractivity contribution is -0.116. The van der Waals surface area contributed by atoms with Crippen molar-refractivity contribution in [2.75, 3.05) is 11.1 Å². The van der Waals surface area contributed by atoms with E-state index in [1.54, 1.807) is 22.4 Å². The van der Waals surface area contributed by atoms with E-state index >= 15 is 0 Å². The van der Waals surface area contributed by atoms with E-state index in [1.807, 2.05) is 63.2 Å². The molecule has 28 heavy (non-hydrogen) atoms. The standard InChI is InChI=1S/C22H23N3O2S/c1-22(2,3)18-12-20(27)25-15(13-28-21(25)24-18)11-19(26)23-17-10-6-8-14-7-4-5-9-16(14)17/h4-10,12,15H,11,13H2,1-3H3,(H,23,26). The Balaban J connectivity index is 1.55. The summed E-state index contributed by atoms with van der Waals surface area (Å²) >= 11 is 1.54. The highest BCUT2D eigenvalue weighted by Crippen LogP contribution is 2.34. The minimum Gasteiger partial charge on any atom is -0.325 e. The lowest BCUT2D eigenvalue weighted by Crippen LogP contribution is -2.29. The summed E-state index contributed by atoms with van der Waals surface area (Å²) < 4.78 is 1.67. The molecule has 0 saturated carbocycles. The normalized spacial score (nSPS) is 16.2. The van der Waals surface area contributed by atoms with Gasteiger partial charge < -0.3 is 5.32 Å². The SMILES string of the molecule is CC(C)(C)c1cc(=O)n2c(n1)SCC2CC(=O)Nc1cccc2ccccc12. The predicted molar refractivity (Wildman–Crippen MR) is 114 cm³/mol. The third-order valence-corrected chi connectivity index (χ3v) is 6.04. The average Bonchev–Trinajstić information content (AvgIpc) is 3.04. The van der Waals surface area contributed by atoms with Gasteiger partial charge in [0.05, 0.1) is 11.7 Å². The van der Waals surface area contributed by atoms with Crippen molar-refractivity contribution in [3.8, 4) is 0 Å². The highest BCUT2D eigenvalue weighted by atomic mass is 32.2. The van der Waals surface area contributed by atoms with E-state index in [4.69, 9.17) is 0 Å². The third kappa shape index (κ3) is 3.56. The van der Waals surface area contributed by atoms with Gasteiger partial charge in [0.1, 0.15) is 0 Å². The predicted octanol–water partition coefficient (Wildman–Crippen LogP) is 4.37. The fraction of sp³-hybridized carbons (Fsp3) is 0.318. The molecule has 144 valence electrons. The molecule has 1 atom stereocenters. The molecule has 5 nitrogen and oxygen atoms in total. The Morgan fingerprint density at radius 1 is 1.21 bits per heavy atom. The van der Waals surface area contributed by atoms with E-state index in [0.29, 0.717) is 10.9 Å². The minimum atomic E-state index is -0.181. The number of nitrogens with one attached hydrogen (secondary N) is 1. The first-order valence-electron chi connectivity index (χ1n) is 9.37. The Kier molecular flexibility index (Phi) is 4.75. The van der Waals surface area contributed by atoms with Gasteiger partial charge in [-0.2, -0.15) is 0 Å². The summed E-state index contributed by atoms with van der Waals surface area (Å²) in [6.07, 6.45) is 0.250. The highest BCUT2D eigenvalue weighted by Gasteiger charge is 2.29. The Bertz CT molecular complexity index is 1110. The zero-order valence-electron chi connectivity index (χ0n) is 16.2. The maximum atomic E-state index is 12.7. The van der Waals surface area contributed by atoms with E-state index < -0.39 is 0 Å². The van der Waals surface area contributed by atoms with Crippen LogP contribution in [0.1, 0.15) is 38.9 Å².